The number of rotatable bonds is 24. The first-order valence-electron chi connectivity index (χ1n) is 16.2. The fraction of sp³-hybridized carbons (Fsp3) is 0.824. The van der Waals surface area contributed by atoms with Crippen molar-refractivity contribution in [3.8, 4) is 11.5 Å². The molecule has 0 bridgehead atoms. The van der Waals surface area contributed by atoms with Crippen LogP contribution in [0.2, 0.25) is 0 Å². The Morgan fingerprint density at radius 3 is 1.11 bits per heavy atom. The minimum absolute atomic E-state index is 0.533. The van der Waals surface area contributed by atoms with E-state index in [0.29, 0.717) is 10.8 Å². The minimum atomic E-state index is 0.533. The van der Waals surface area contributed by atoms with Gasteiger partial charge in [-0.05, 0) is 62.8 Å². The lowest BCUT2D eigenvalue weighted by Crippen LogP contribution is -2.41. The molecule has 2 aliphatic heterocycles. The molecule has 0 amide bonds. The monoisotopic (exact) mass is 530 g/mol. The molecule has 0 atom stereocenters. The number of unbranched alkanes of at least 4 members (excludes halogenated alkanes) is 12. The molecular formula is C34H58O4. The van der Waals surface area contributed by atoms with E-state index in [1.54, 1.807) is 0 Å². The van der Waals surface area contributed by atoms with Crippen molar-refractivity contribution in [1.82, 2.24) is 0 Å². The highest BCUT2D eigenvalue weighted by atomic mass is 16.5. The van der Waals surface area contributed by atoms with E-state index in [-0.39, 0.29) is 0 Å². The summed E-state index contributed by atoms with van der Waals surface area (Å²) in [5.41, 5.74) is 1.07. The topological polar surface area (TPSA) is 36.9 Å². The van der Waals surface area contributed by atoms with Crippen LogP contribution in [0.25, 0.3) is 0 Å². The van der Waals surface area contributed by atoms with Gasteiger partial charge < -0.3 is 18.9 Å². The van der Waals surface area contributed by atoms with E-state index in [1.165, 1.54) is 103 Å². The zero-order valence-electron chi connectivity index (χ0n) is 24.9. The summed E-state index contributed by atoms with van der Waals surface area (Å²) in [5, 5.41) is 0. The molecule has 0 aromatic heterocycles. The molecule has 0 aliphatic carbocycles. The van der Waals surface area contributed by atoms with E-state index in [0.717, 1.165) is 64.0 Å². The van der Waals surface area contributed by atoms with E-state index < -0.39 is 0 Å². The Morgan fingerprint density at radius 2 is 0.816 bits per heavy atom. The fourth-order valence-electron chi connectivity index (χ4n) is 5.82. The van der Waals surface area contributed by atoms with Gasteiger partial charge in [-0.1, -0.05) is 90.9 Å². The molecule has 218 valence electrons. The largest absolute Gasteiger partial charge is 0.494 e. The second-order valence-electron chi connectivity index (χ2n) is 12.3. The van der Waals surface area contributed by atoms with Crippen molar-refractivity contribution >= 4 is 0 Å². The molecule has 0 radical (unpaired) electrons. The van der Waals surface area contributed by atoms with Gasteiger partial charge >= 0.3 is 0 Å². The van der Waals surface area contributed by atoms with Crippen molar-refractivity contribution in [3.63, 3.8) is 0 Å². The maximum atomic E-state index is 5.93. The van der Waals surface area contributed by atoms with Crippen LogP contribution in [0, 0.1) is 10.8 Å². The van der Waals surface area contributed by atoms with Gasteiger partial charge in [-0.25, -0.2) is 0 Å². The van der Waals surface area contributed by atoms with E-state index in [1.807, 2.05) is 24.3 Å². The van der Waals surface area contributed by atoms with Crippen LogP contribution < -0.4 is 9.47 Å². The highest BCUT2D eigenvalue weighted by molar-refractivity contribution is 5.31. The summed E-state index contributed by atoms with van der Waals surface area (Å²) in [6, 6.07) is 8.18. The Kier molecular flexibility index (Phi) is 14.9. The van der Waals surface area contributed by atoms with Gasteiger partial charge in [0.15, 0.2) is 0 Å². The van der Waals surface area contributed by atoms with E-state index in [2.05, 4.69) is 13.8 Å². The van der Waals surface area contributed by atoms with Crippen molar-refractivity contribution in [2.24, 2.45) is 10.8 Å². The third kappa shape index (κ3) is 11.5. The molecule has 0 unspecified atom stereocenters. The van der Waals surface area contributed by atoms with Gasteiger partial charge in [-0.15, -0.1) is 0 Å². The average Bonchev–Trinajstić information content (AvgIpc) is 2.89. The van der Waals surface area contributed by atoms with Crippen LogP contribution in [-0.4, -0.2) is 39.6 Å². The Labute approximate surface area is 234 Å². The summed E-state index contributed by atoms with van der Waals surface area (Å²) in [6.07, 6.45) is 23.7. The number of ether oxygens (including phenoxy) is 4. The first-order valence-corrected chi connectivity index (χ1v) is 16.2. The second-order valence-corrected chi connectivity index (χ2v) is 12.3. The summed E-state index contributed by atoms with van der Waals surface area (Å²) in [7, 11) is 0. The molecule has 38 heavy (non-hydrogen) atoms. The van der Waals surface area contributed by atoms with Gasteiger partial charge in [0.1, 0.15) is 11.5 Å². The third-order valence-electron chi connectivity index (χ3n) is 9.20. The van der Waals surface area contributed by atoms with Crippen LogP contribution >= 0.6 is 0 Å². The Bertz CT molecular complexity index is 636. The number of benzene rings is 1. The van der Waals surface area contributed by atoms with Crippen molar-refractivity contribution < 1.29 is 18.9 Å². The van der Waals surface area contributed by atoms with E-state index in [9.17, 15) is 0 Å². The first-order chi connectivity index (χ1) is 18.7. The van der Waals surface area contributed by atoms with Crippen molar-refractivity contribution in [3.05, 3.63) is 24.3 Å². The van der Waals surface area contributed by atoms with Gasteiger partial charge in [-0.3, -0.25) is 0 Å². The van der Waals surface area contributed by atoms with Gasteiger partial charge in [-0.2, -0.15) is 0 Å². The van der Waals surface area contributed by atoms with Gasteiger partial charge in [0.25, 0.3) is 0 Å². The summed E-state index contributed by atoms with van der Waals surface area (Å²) in [4.78, 5) is 0. The zero-order chi connectivity index (χ0) is 26.8. The summed E-state index contributed by atoms with van der Waals surface area (Å²) in [6.45, 7) is 10.2. The molecular weight excluding hydrogens is 472 g/mol. The summed E-state index contributed by atoms with van der Waals surface area (Å²) >= 11 is 0. The fourth-order valence-corrected chi connectivity index (χ4v) is 5.82. The summed E-state index contributed by atoms with van der Waals surface area (Å²) < 4.78 is 22.7. The molecule has 1 aromatic rings. The first kappa shape index (κ1) is 31.3. The Morgan fingerprint density at radius 1 is 0.500 bits per heavy atom. The normalized spacial score (nSPS) is 17.5. The van der Waals surface area contributed by atoms with Gasteiger partial charge in [0.05, 0.1) is 39.6 Å². The van der Waals surface area contributed by atoms with Crippen LogP contribution in [0.1, 0.15) is 129 Å². The lowest BCUT2D eigenvalue weighted by molar-refractivity contribution is -0.120. The smallest absolute Gasteiger partial charge is 0.119 e. The molecule has 2 fully saturated rings. The maximum absolute atomic E-state index is 5.93. The molecule has 4 heteroatoms. The molecule has 0 saturated carbocycles. The molecule has 0 N–H and O–H groups in total. The second kappa shape index (κ2) is 18.2. The highest BCUT2D eigenvalue weighted by Crippen LogP contribution is 2.37. The maximum Gasteiger partial charge on any atom is 0.119 e. The van der Waals surface area contributed by atoms with Crippen LogP contribution in [0.4, 0.5) is 0 Å². The van der Waals surface area contributed by atoms with Crippen LogP contribution in [0.15, 0.2) is 24.3 Å². The highest BCUT2D eigenvalue weighted by Gasteiger charge is 2.36. The van der Waals surface area contributed by atoms with Crippen molar-refractivity contribution in [2.45, 2.75) is 129 Å². The Hall–Kier alpha value is -1.26. The SMILES string of the molecule is CCC1(CCCCCCCCCOc2ccc(OCCCCCCCCCC3(CC)COC3)cc2)COC1. The average molecular weight is 531 g/mol. The number of hydrogen-bond acceptors (Lipinski definition) is 4. The van der Waals surface area contributed by atoms with Crippen LogP contribution in [0.5, 0.6) is 11.5 Å². The quantitative estimate of drug-likeness (QED) is 0.125. The molecule has 0 spiro atoms. The van der Waals surface area contributed by atoms with E-state index in [4.69, 9.17) is 18.9 Å². The van der Waals surface area contributed by atoms with Gasteiger partial charge in [0.2, 0.25) is 0 Å². The summed E-state index contributed by atoms with van der Waals surface area (Å²) in [5.74, 6) is 1.91. The molecule has 2 aliphatic rings. The molecule has 1 aromatic carbocycles. The van der Waals surface area contributed by atoms with Gasteiger partial charge in [0, 0.05) is 10.8 Å². The van der Waals surface area contributed by atoms with Crippen molar-refractivity contribution in [1.29, 1.82) is 0 Å². The van der Waals surface area contributed by atoms with Crippen LogP contribution in [-0.2, 0) is 9.47 Å². The predicted octanol–water partition coefficient (Wildman–Crippen LogP) is 9.54. The molecule has 4 nitrogen and oxygen atoms in total. The number of hydrogen-bond donors (Lipinski definition) is 0. The minimum Gasteiger partial charge on any atom is -0.494 e. The third-order valence-corrected chi connectivity index (χ3v) is 9.20. The van der Waals surface area contributed by atoms with E-state index >= 15 is 0 Å². The molecule has 2 saturated heterocycles. The zero-order valence-corrected chi connectivity index (χ0v) is 24.9. The van der Waals surface area contributed by atoms with Crippen molar-refractivity contribution in [2.75, 3.05) is 39.6 Å². The molecule has 2 heterocycles. The molecule has 3 rings (SSSR count). The lowest BCUT2D eigenvalue weighted by Gasteiger charge is -2.41. The lowest BCUT2D eigenvalue weighted by atomic mass is 9.78. The van der Waals surface area contributed by atoms with Crippen LogP contribution in [0.3, 0.4) is 0 Å². The predicted molar refractivity (Wildman–Crippen MR) is 158 cm³/mol. The Balaban J connectivity index is 1.06. The standard InChI is InChI=1S/C34H58O4/c1-3-33(27-35-28-33)23-15-11-7-5-9-13-17-25-37-31-19-21-32(22-20-31)38-26-18-14-10-6-8-12-16-24-34(4-2)29-36-30-34/h19-22H,3-18,23-30H2,1-2H3.